The average Bonchev–Trinajstić information content (AvgIpc) is 2.89. The van der Waals surface area contributed by atoms with Gasteiger partial charge in [0.15, 0.2) is 5.82 Å². The Labute approximate surface area is 131 Å². The Morgan fingerprint density at radius 3 is 2.64 bits per heavy atom. The van der Waals surface area contributed by atoms with Gasteiger partial charge < -0.3 is 0 Å². The van der Waals surface area contributed by atoms with E-state index in [-0.39, 0.29) is 5.82 Å². The fourth-order valence-corrected chi connectivity index (χ4v) is 2.11. The van der Waals surface area contributed by atoms with Crippen molar-refractivity contribution in [1.29, 1.82) is 0 Å². The summed E-state index contributed by atoms with van der Waals surface area (Å²) >= 11 is 5.18. The van der Waals surface area contributed by atoms with Crippen LogP contribution in [0.5, 0.6) is 0 Å². The fraction of sp³-hybridized carbons (Fsp3) is 0.0667. The zero-order valence-corrected chi connectivity index (χ0v) is 12.3. The highest BCUT2D eigenvalue weighted by molar-refractivity contribution is 7.71. The Morgan fingerprint density at radius 1 is 1.18 bits per heavy atom. The fourth-order valence-electron chi connectivity index (χ4n) is 1.92. The van der Waals surface area contributed by atoms with Crippen molar-refractivity contribution in [3.63, 3.8) is 0 Å². The first-order valence-electron chi connectivity index (χ1n) is 6.57. The van der Waals surface area contributed by atoms with Crippen LogP contribution in [-0.2, 0) is 6.42 Å². The van der Waals surface area contributed by atoms with Crippen LogP contribution in [0.1, 0.15) is 17.0 Å². The first-order valence-corrected chi connectivity index (χ1v) is 6.98. The molecule has 0 aliphatic rings. The predicted molar refractivity (Wildman–Crippen MR) is 83.8 cm³/mol. The lowest BCUT2D eigenvalue weighted by Gasteiger charge is -2.01. The Hall–Kier alpha value is -2.67. The van der Waals surface area contributed by atoms with Gasteiger partial charge in [-0.15, -0.1) is 0 Å². The van der Waals surface area contributed by atoms with E-state index in [4.69, 9.17) is 12.2 Å². The van der Waals surface area contributed by atoms with Crippen LogP contribution in [-0.4, -0.2) is 26.1 Å². The first-order chi connectivity index (χ1) is 10.7. The van der Waals surface area contributed by atoms with E-state index < -0.39 is 0 Å². The topological polar surface area (TPSA) is 58.9 Å². The quantitative estimate of drug-likeness (QED) is 0.595. The Kier molecular flexibility index (Phi) is 4.15. The van der Waals surface area contributed by atoms with E-state index in [2.05, 4.69) is 20.3 Å². The molecule has 22 heavy (non-hydrogen) atoms. The van der Waals surface area contributed by atoms with Crippen molar-refractivity contribution in [2.75, 3.05) is 0 Å². The number of aromatic nitrogens is 4. The number of nitrogens with one attached hydrogen (secondary N) is 1. The minimum absolute atomic E-state index is 0.265. The second-order valence-electron chi connectivity index (χ2n) is 4.59. The number of H-pyrrole nitrogens is 1. The van der Waals surface area contributed by atoms with Crippen LogP contribution in [0.15, 0.2) is 53.9 Å². The molecule has 0 aliphatic carbocycles. The second kappa shape index (κ2) is 6.40. The monoisotopic (exact) mass is 313 g/mol. The molecule has 0 unspecified atom stereocenters. The summed E-state index contributed by atoms with van der Waals surface area (Å²) in [6, 6.07) is 9.94. The molecule has 2 aromatic heterocycles. The molecule has 0 bridgehead atoms. The first kappa shape index (κ1) is 14.3. The number of hydrogen-bond donors (Lipinski definition) is 1. The molecule has 7 heteroatoms. The van der Waals surface area contributed by atoms with Crippen LogP contribution < -0.4 is 0 Å². The van der Waals surface area contributed by atoms with Gasteiger partial charge in [-0.3, -0.25) is 10.1 Å². The van der Waals surface area contributed by atoms with Crippen molar-refractivity contribution in [2.24, 2.45) is 5.10 Å². The Bertz CT molecular complexity index is 836. The highest BCUT2D eigenvalue weighted by Gasteiger charge is 2.06. The molecule has 0 fully saturated rings. The number of benzene rings is 1. The molecule has 0 aliphatic heterocycles. The molecule has 1 aromatic carbocycles. The maximum Gasteiger partial charge on any atom is 0.216 e. The lowest BCUT2D eigenvalue weighted by Crippen LogP contribution is -2.00. The lowest BCUT2D eigenvalue weighted by atomic mass is 10.1. The van der Waals surface area contributed by atoms with Gasteiger partial charge in [-0.25, -0.2) is 4.39 Å². The summed E-state index contributed by atoms with van der Waals surface area (Å²) in [5, 5.41) is 11.2. The molecule has 3 rings (SSSR count). The molecule has 0 saturated carbocycles. The van der Waals surface area contributed by atoms with E-state index in [0.717, 1.165) is 11.1 Å². The third-order valence-electron chi connectivity index (χ3n) is 3.02. The number of pyridine rings is 1. The standard InChI is InChI=1S/C15H12FN5S/c16-13-3-1-11(2-4-13)9-14-19-20-15(22)21(14)18-10-12-5-7-17-8-6-12/h1-8,10H,9H2,(H,20,22)/b18-10-. The van der Waals surface area contributed by atoms with Gasteiger partial charge in [-0.05, 0) is 47.6 Å². The molecule has 0 radical (unpaired) electrons. The van der Waals surface area contributed by atoms with E-state index >= 15 is 0 Å². The zero-order chi connectivity index (χ0) is 15.4. The van der Waals surface area contributed by atoms with Crippen molar-refractivity contribution >= 4 is 18.4 Å². The van der Waals surface area contributed by atoms with Crippen molar-refractivity contribution in [3.05, 3.63) is 76.3 Å². The maximum atomic E-state index is 12.9. The van der Waals surface area contributed by atoms with Gasteiger partial charge in [0.25, 0.3) is 0 Å². The van der Waals surface area contributed by atoms with Gasteiger partial charge in [0.1, 0.15) is 5.82 Å². The number of aromatic amines is 1. The van der Waals surface area contributed by atoms with Crippen molar-refractivity contribution in [1.82, 2.24) is 19.9 Å². The van der Waals surface area contributed by atoms with Gasteiger partial charge in [-0.2, -0.15) is 14.9 Å². The van der Waals surface area contributed by atoms with Gasteiger partial charge >= 0.3 is 0 Å². The minimum Gasteiger partial charge on any atom is -0.265 e. The largest absolute Gasteiger partial charge is 0.265 e. The number of rotatable bonds is 4. The van der Waals surface area contributed by atoms with Gasteiger partial charge in [-0.1, -0.05) is 12.1 Å². The zero-order valence-electron chi connectivity index (χ0n) is 11.5. The summed E-state index contributed by atoms with van der Waals surface area (Å²) in [5.74, 6) is 0.389. The van der Waals surface area contributed by atoms with Crippen molar-refractivity contribution in [2.45, 2.75) is 6.42 Å². The van der Waals surface area contributed by atoms with Crippen LogP contribution in [0, 0.1) is 10.6 Å². The average molecular weight is 313 g/mol. The van der Waals surface area contributed by atoms with Gasteiger partial charge in [0.05, 0.1) is 6.21 Å². The highest BCUT2D eigenvalue weighted by Crippen LogP contribution is 2.09. The number of hydrogen-bond acceptors (Lipinski definition) is 4. The van der Waals surface area contributed by atoms with E-state index in [1.54, 1.807) is 35.4 Å². The predicted octanol–water partition coefficient (Wildman–Crippen LogP) is 2.95. The van der Waals surface area contributed by atoms with E-state index in [0.29, 0.717) is 17.0 Å². The Morgan fingerprint density at radius 2 is 1.91 bits per heavy atom. The van der Waals surface area contributed by atoms with E-state index in [9.17, 15) is 4.39 Å². The van der Waals surface area contributed by atoms with E-state index in [1.807, 2.05) is 12.1 Å². The Balaban J connectivity index is 1.86. The normalized spacial score (nSPS) is 11.1. The molecule has 0 saturated heterocycles. The van der Waals surface area contributed by atoms with Crippen LogP contribution in [0.25, 0.3) is 0 Å². The molecule has 0 atom stereocenters. The van der Waals surface area contributed by atoms with Crippen LogP contribution >= 0.6 is 12.2 Å². The number of halogens is 1. The van der Waals surface area contributed by atoms with E-state index in [1.165, 1.54) is 12.1 Å². The van der Waals surface area contributed by atoms with Crippen molar-refractivity contribution in [3.8, 4) is 0 Å². The molecule has 5 nitrogen and oxygen atoms in total. The summed E-state index contributed by atoms with van der Waals surface area (Å²) in [4.78, 5) is 3.95. The van der Waals surface area contributed by atoms with Crippen LogP contribution in [0.2, 0.25) is 0 Å². The summed E-state index contributed by atoms with van der Waals surface area (Å²) in [6.45, 7) is 0. The lowest BCUT2D eigenvalue weighted by molar-refractivity contribution is 0.627. The summed E-state index contributed by atoms with van der Waals surface area (Å²) in [7, 11) is 0. The second-order valence-corrected chi connectivity index (χ2v) is 4.97. The molecule has 0 spiro atoms. The van der Waals surface area contributed by atoms with Gasteiger partial charge in [0, 0.05) is 18.8 Å². The van der Waals surface area contributed by atoms with Gasteiger partial charge in [0.2, 0.25) is 4.77 Å². The molecular weight excluding hydrogens is 301 g/mol. The molecular formula is C15H12FN5S. The van der Waals surface area contributed by atoms with Crippen LogP contribution in [0.3, 0.4) is 0 Å². The molecule has 2 heterocycles. The summed E-state index contributed by atoms with van der Waals surface area (Å²) < 4.78 is 14.9. The molecule has 110 valence electrons. The smallest absolute Gasteiger partial charge is 0.216 e. The van der Waals surface area contributed by atoms with Crippen molar-refractivity contribution < 1.29 is 4.39 Å². The summed E-state index contributed by atoms with van der Waals surface area (Å²) in [6.07, 6.45) is 5.56. The SMILES string of the molecule is Fc1ccc(Cc2n[nH]c(=S)n2/N=C\c2ccncc2)cc1. The minimum atomic E-state index is -0.265. The molecule has 1 N–H and O–H groups in total. The third-order valence-corrected chi connectivity index (χ3v) is 3.29. The number of nitrogens with zero attached hydrogens (tertiary/aromatic N) is 4. The summed E-state index contributed by atoms with van der Waals surface area (Å²) in [5.41, 5.74) is 1.83. The highest BCUT2D eigenvalue weighted by atomic mass is 32.1. The third kappa shape index (κ3) is 3.32. The molecule has 0 amide bonds. The maximum absolute atomic E-state index is 12.9. The van der Waals surface area contributed by atoms with Crippen LogP contribution in [0.4, 0.5) is 4.39 Å². The molecule has 3 aromatic rings.